The molecule has 0 unspecified atom stereocenters. The zero-order chi connectivity index (χ0) is 19.8. The van der Waals surface area contributed by atoms with Crippen LogP contribution in [0.25, 0.3) is 0 Å². The van der Waals surface area contributed by atoms with Gasteiger partial charge in [-0.25, -0.2) is 9.59 Å². The van der Waals surface area contributed by atoms with Crippen LogP contribution in [0.5, 0.6) is 0 Å². The molecule has 0 aromatic carbocycles. The summed E-state index contributed by atoms with van der Waals surface area (Å²) in [5.74, 6) is 0.723. The first kappa shape index (κ1) is 20.2. The fourth-order valence-electron chi connectivity index (χ4n) is 5.21. The highest BCUT2D eigenvalue weighted by Crippen LogP contribution is 2.59. The second kappa shape index (κ2) is 7.44. The molecule has 4 aliphatic carbocycles. The van der Waals surface area contributed by atoms with Gasteiger partial charge in [0.1, 0.15) is 5.60 Å². The Kier molecular flexibility index (Phi) is 5.55. The van der Waals surface area contributed by atoms with E-state index in [0.29, 0.717) is 18.3 Å². The first-order valence-corrected chi connectivity index (χ1v) is 10.2. The zero-order valence-electron chi connectivity index (χ0n) is 16.9. The van der Waals surface area contributed by atoms with Crippen molar-refractivity contribution in [2.45, 2.75) is 71.8 Å². The first-order chi connectivity index (χ1) is 12.6. The van der Waals surface area contributed by atoms with E-state index in [1.165, 1.54) is 6.42 Å². The lowest BCUT2D eigenvalue weighted by Gasteiger charge is -2.59. The van der Waals surface area contributed by atoms with Gasteiger partial charge < -0.3 is 14.2 Å². The first-order valence-electron chi connectivity index (χ1n) is 10.2. The van der Waals surface area contributed by atoms with Crippen molar-refractivity contribution in [1.82, 2.24) is 0 Å². The minimum atomic E-state index is -0.734. The van der Waals surface area contributed by atoms with Crippen LogP contribution in [-0.2, 0) is 28.6 Å². The van der Waals surface area contributed by atoms with E-state index in [4.69, 9.17) is 14.2 Å². The van der Waals surface area contributed by atoms with E-state index in [2.05, 4.69) is 6.92 Å². The van der Waals surface area contributed by atoms with Crippen LogP contribution in [-0.4, -0.2) is 36.7 Å². The third-order valence-corrected chi connectivity index (χ3v) is 7.20. The zero-order valence-corrected chi connectivity index (χ0v) is 16.9. The number of esters is 3. The summed E-state index contributed by atoms with van der Waals surface area (Å²) in [4.78, 5) is 35.9. The second-order valence-corrected chi connectivity index (χ2v) is 9.44. The number of carbonyl (C=O) groups excluding carboxylic acids is 3. The average Bonchev–Trinajstić information content (AvgIpc) is 2.62. The Labute approximate surface area is 161 Å². The summed E-state index contributed by atoms with van der Waals surface area (Å²) in [5, 5.41) is 0. The molecule has 0 radical (unpaired) electrons. The maximum absolute atomic E-state index is 12.3. The molecule has 0 amide bonds. The van der Waals surface area contributed by atoms with Crippen molar-refractivity contribution in [3.63, 3.8) is 0 Å². The molecule has 152 valence electrons. The molecule has 0 spiro atoms. The van der Waals surface area contributed by atoms with Crippen LogP contribution < -0.4 is 0 Å². The van der Waals surface area contributed by atoms with Crippen molar-refractivity contribution in [1.29, 1.82) is 0 Å². The van der Waals surface area contributed by atoms with Crippen LogP contribution in [0.15, 0.2) is 0 Å². The maximum Gasteiger partial charge on any atom is 0.344 e. The Balaban J connectivity index is 1.43. The highest BCUT2D eigenvalue weighted by Gasteiger charge is 2.57. The van der Waals surface area contributed by atoms with Gasteiger partial charge in [-0.05, 0) is 83.0 Å². The molecule has 4 bridgehead atoms. The molecule has 0 saturated heterocycles. The van der Waals surface area contributed by atoms with Gasteiger partial charge in [-0.2, -0.15) is 0 Å². The third kappa shape index (κ3) is 4.14. The number of rotatable bonds is 7. The molecule has 0 aliphatic heterocycles. The summed E-state index contributed by atoms with van der Waals surface area (Å²) < 4.78 is 15.8. The van der Waals surface area contributed by atoms with Gasteiger partial charge in [-0.1, -0.05) is 6.92 Å². The highest BCUT2D eigenvalue weighted by molar-refractivity contribution is 5.81. The van der Waals surface area contributed by atoms with Gasteiger partial charge in [0.15, 0.2) is 13.2 Å². The molecule has 0 aromatic rings. The lowest BCUT2D eigenvalue weighted by atomic mass is 9.50. The Morgan fingerprint density at radius 1 is 0.889 bits per heavy atom. The Hall–Kier alpha value is -1.59. The summed E-state index contributed by atoms with van der Waals surface area (Å²) in [5.41, 5.74) is -1.08. The van der Waals surface area contributed by atoms with Crippen molar-refractivity contribution in [3.05, 3.63) is 0 Å². The van der Waals surface area contributed by atoms with Gasteiger partial charge in [0.25, 0.3) is 0 Å². The van der Waals surface area contributed by atoms with Crippen molar-refractivity contribution in [3.8, 4) is 0 Å². The van der Waals surface area contributed by atoms with Gasteiger partial charge in [-0.3, -0.25) is 4.79 Å². The summed E-state index contributed by atoms with van der Waals surface area (Å²) in [6.45, 7) is 6.51. The quantitative estimate of drug-likeness (QED) is 0.498. The van der Waals surface area contributed by atoms with E-state index in [0.717, 1.165) is 37.5 Å². The fourth-order valence-corrected chi connectivity index (χ4v) is 5.21. The van der Waals surface area contributed by atoms with Gasteiger partial charge >= 0.3 is 17.9 Å². The SMILES string of the molecule is CCC(C)(C)C(=O)OCC(=O)OCC(=O)OC1(C)C2CC3CC(C2)CC1C3. The van der Waals surface area contributed by atoms with Crippen molar-refractivity contribution < 1.29 is 28.6 Å². The van der Waals surface area contributed by atoms with Crippen LogP contribution in [0.4, 0.5) is 0 Å². The van der Waals surface area contributed by atoms with Gasteiger partial charge in [0.05, 0.1) is 5.41 Å². The van der Waals surface area contributed by atoms with E-state index >= 15 is 0 Å². The molecular weight excluding hydrogens is 348 g/mol. The normalized spacial score (nSPS) is 34.2. The predicted molar refractivity (Wildman–Crippen MR) is 97.5 cm³/mol. The number of ether oxygens (including phenoxy) is 3. The predicted octanol–water partition coefficient (Wildman–Crippen LogP) is 3.27. The Morgan fingerprint density at radius 3 is 1.93 bits per heavy atom. The van der Waals surface area contributed by atoms with E-state index < -0.39 is 42.1 Å². The molecule has 6 heteroatoms. The standard InChI is InChI=1S/C21H32O6/c1-5-20(2,3)19(24)26-11-17(22)25-12-18(23)27-21(4)15-7-13-6-14(9-15)10-16(21)8-13/h13-16H,5-12H2,1-4H3. The minimum absolute atomic E-state index is 0.422. The van der Waals surface area contributed by atoms with Gasteiger partial charge in [0.2, 0.25) is 0 Å². The minimum Gasteiger partial charge on any atom is -0.456 e. The number of hydrogen-bond acceptors (Lipinski definition) is 6. The number of hydrogen-bond donors (Lipinski definition) is 0. The lowest BCUT2D eigenvalue weighted by Crippen LogP contribution is -2.58. The van der Waals surface area contributed by atoms with Crippen LogP contribution in [0.2, 0.25) is 0 Å². The van der Waals surface area contributed by atoms with Gasteiger partial charge in [-0.15, -0.1) is 0 Å². The monoisotopic (exact) mass is 380 g/mol. The smallest absolute Gasteiger partial charge is 0.344 e. The van der Waals surface area contributed by atoms with Crippen molar-refractivity contribution >= 4 is 17.9 Å². The van der Waals surface area contributed by atoms with E-state index in [1.54, 1.807) is 13.8 Å². The van der Waals surface area contributed by atoms with Crippen molar-refractivity contribution in [2.24, 2.45) is 29.1 Å². The van der Waals surface area contributed by atoms with E-state index in [-0.39, 0.29) is 0 Å². The molecule has 0 heterocycles. The lowest BCUT2D eigenvalue weighted by molar-refractivity contribution is -0.207. The molecule has 4 rings (SSSR count). The maximum atomic E-state index is 12.3. The molecule has 0 aromatic heterocycles. The molecule has 27 heavy (non-hydrogen) atoms. The Morgan fingerprint density at radius 2 is 1.41 bits per heavy atom. The Bertz CT molecular complexity index is 580. The molecule has 4 fully saturated rings. The summed E-state index contributed by atoms with van der Waals surface area (Å²) >= 11 is 0. The van der Waals surface area contributed by atoms with Crippen molar-refractivity contribution in [2.75, 3.05) is 13.2 Å². The summed E-state index contributed by atoms with van der Waals surface area (Å²) in [7, 11) is 0. The van der Waals surface area contributed by atoms with E-state index in [1.807, 2.05) is 6.92 Å². The van der Waals surface area contributed by atoms with Gasteiger partial charge in [0, 0.05) is 0 Å². The average molecular weight is 380 g/mol. The van der Waals surface area contributed by atoms with Crippen LogP contribution in [0, 0.1) is 29.1 Å². The second-order valence-electron chi connectivity index (χ2n) is 9.44. The molecule has 0 atom stereocenters. The highest BCUT2D eigenvalue weighted by atomic mass is 16.6. The largest absolute Gasteiger partial charge is 0.456 e. The van der Waals surface area contributed by atoms with Crippen LogP contribution >= 0.6 is 0 Å². The molecular formula is C21H32O6. The molecule has 0 N–H and O–H groups in total. The van der Waals surface area contributed by atoms with Crippen LogP contribution in [0.1, 0.15) is 66.2 Å². The topological polar surface area (TPSA) is 78.9 Å². The molecule has 6 nitrogen and oxygen atoms in total. The number of carbonyl (C=O) groups is 3. The molecule has 4 aliphatic rings. The summed E-state index contributed by atoms with van der Waals surface area (Å²) in [6, 6.07) is 0. The van der Waals surface area contributed by atoms with E-state index in [9.17, 15) is 14.4 Å². The summed E-state index contributed by atoms with van der Waals surface area (Å²) in [6.07, 6.45) is 6.50. The molecule has 4 saturated carbocycles. The fraction of sp³-hybridized carbons (Fsp3) is 0.857. The van der Waals surface area contributed by atoms with Crippen LogP contribution in [0.3, 0.4) is 0 Å². The third-order valence-electron chi connectivity index (χ3n) is 7.20.